The number of aliphatic imine (C=N–C) groups is 1. The molecule has 1 rings (SSSR count). The molecule has 0 aliphatic heterocycles. The van der Waals surface area contributed by atoms with E-state index in [1.807, 2.05) is 24.3 Å². The van der Waals surface area contributed by atoms with Crippen LogP contribution in [0, 0.1) is 0 Å². The van der Waals surface area contributed by atoms with E-state index >= 15 is 0 Å². The minimum Gasteiger partial charge on any atom is -0.497 e. The fraction of sp³-hybridized carbons (Fsp3) is 0.556. The van der Waals surface area contributed by atoms with Crippen molar-refractivity contribution in [2.24, 2.45) is 4.99 Å². The molecule has 0 radical (unpaired) electrons. The number of hydrogen-bond donors (Lipinski definition) is 2. The van der Waals surface area contributed by atoms with Gasteiger partial charge in [0.05, 0.1) is 13.7 Å². The zero-order valence-electron chi connectivity index (χ0n) is 16.3. The Kier molecular flexibility index (Phi) is 12.6. The maximum Gasteiger partial charge on any atom is 0.406 e. The number of guanidine groups is 1. The van der Waals surface area contributed by atoms with Gasteiger partial charge in [-0.05, 0) is 37.0 Å². The van der Waals surface area contributed by atoms with Crippen molar-refractivity contribution in [2.75, 3.05) is 40.8 Å². The number of halogens is 4. The number of carbonyl (C=O) groups is 1. The second-order valence-corrected chi connectivity index (χ2v) is 6.02. The molecule has 28 heavy (non-hydrogen) atoms. The highest BCUT2D eigenvalue weighted by atomic mass is 127. The molecular formula is C18H28F3IN4O2. The van der Waals surface area contributed by atoms with Gasteiger partial charge in [-0.25, -0.2) is 0 Å². The first-order chi connectivity index (χ1) is 12.7. The number of hydrogen-bond acceptors (Lipinski definition) is 3. The lowest BCUT2D eigenvalue weighted by Crippen LogP contribution is -2.45. The Hall–Kier alpha value is -1.72. The summed E-state index contributed by atoms with van der Waals surface area (Å²) < 4.78 is 41.9. The van der Waals surface area contributed by atoms with Crippen molar-refractivity contribution < 1.29 is 22.7 Å². The Morgan fingerprint density at radius 2 is 1.82 bits per heavy atom. The molecule has 0 heterocycles. The van der Waals surface area contributed by atoms with Crippen molar-refractivity contribution in [1.82, 2.24) is 15.5 Å². The Balaban J connectivity index is 0.00000729. The summed E-state index contributed by atoms with van der Waals surface area (Å²) in [5.74, 6) is 0.550. The molecule has 0 bridgehead atoms. The topological polar surface area (TPSA) is 66.0 Å². The van der Waals surface area contributed by atoms with Gasteiger partial charge in [0.15, 0.2) is 5.96 Å². The molecule has 0 fully saturated rings. The van der Waals surface area contributed by atoms with Gasteiger partial charge in [-0.1, -0.05) is 12.1 Å². The number of likely N-dealkylation sites (N-methyl/N-ethyl adjacent to an activating group) is 1. The van der Waals surface area contributed by atoms with E-state index < -0.39 is 18.6 Å². The van der Waals surface area contributed by atoms with Crippen LogP contribution in [0.25, 0.3) is 0 Å². The number of methoxy groups -OCH3 is 1. The van der Waals surface area contributed by atoms with E-state index in [4.69, 9.17) is 4.74 Å². The molecule has 6 nitrogen and oxygen atoms in total. The zero-order chi connectivity index (χ0) is 20.3. The summed E-state index contributed by atoms with van der Waals surface area (Å²) in [5.41, 5.74) is 1.22. The van der Waals surface area contributed by atoms with Crippen LogP contribution in [0.15, 0.2) is 29.3 Å². The van der Waals surface area contributed by atoms with Crippen LogP contribution in [0.3, 0.4) is 0 Å². The summed E-state index contributed by atoms with van der Waals surface area (Å²) in [6.07, 6.45) is -1.63. The van der Waals surface area contributed by atoms with E-state index in [1.54, 1.807) is 7.11 Å². The molecule has 0 atom stereocenters. The van der Waals surface area contributed by atoms with Crippen molar-refractivity contribution in [3.05, 3.63) is 29.8 Å². The highest BCUT2D eigenvalue weighted by Crippen LogP contribution is 2.15. The first kappa shape index (κ1) is 26.3. The molecule has 0 aromatic heterocycles. The van der Waals surface area contributed by atoms with Crippen LogP contribution in [-0.4, -0.2) is 63.8 Å². The number of benzene rings is 1. The van der Waals surface area contributed by atoms with E-state index in [1.165, 1.54) is 12.6 Å². The van der Waals surface area contributed by atoms with Gasteiger partial charge in [-0.15, -0.1) is 24.0 Å². The molecular weight excluding hydrogens is 488 g/mol. The first-order valence-electron chi connectivity index (χ1n) is 8.63. The van der Waals surface area contributed by atoms with Gasteiger partial charge in [0, 0.05) is 20.6 Å². The number of aryl methyl sites for hydroxylation is 1. The molecule has 2 N–H and O–H groups in total. The monoisotopic (exact) mass is 516 g/mol. The number of amides is 1. The van der Waals surface area contributed by atoms with Gasteiger partial charge in [0.1, 0.15) is 12.3 Å². The third-order valence-corrected chi connectivity index (χ3v) is 3.82. The first-order valence-corrected chi connectivity index (χ1v) is 8.63. The largest absolute Gasteiger partial charge is 0.497 e. The minimum absolute atomic E-state index is 0. The number of nitrogens with zero attached hydrogens (tertiary/aromatic N) is 2. The van der Waals surface area contributed by atoms with E-state index in [2.05, 4.69) is 15.6 Å². The smallest absolute Gasteiger partial charge is 0.406 e. The summed E-state index contributed by atoms with van der Waals surface area (Å²) in [6.45, 7) is -0.884. The van der Waals surface area contributed by atoms with Crippen LogP contribution in [0.2, 0.25) is 0 Å². The highest BCUT2D eigenvalue weighted by molar-refractivity contribution is 14.0. The maximum atomic E-state index is 12.3. The summed E-state index contributed by atoms with van der Waals surface area (Å²) in [5, 5.41) is 5.77. The summed E-state index contributed by atoms with van der Waals surface area (Å²) in [7, 11) is 4.28. The van der Waals surface area contributed by atoms with Gasteiger partial charge in [-0.2, -0.15) is 13.2 Å². The summed E-state index contributed by atoms with van der Waals surface area (Å²) in [4.78, 5) is 16.3. The van der Waals surface area contributed by atoms with Crippen molar-refractivity contribution in [1.29, 1.82) is 0 Å². The van der Waals surface area contributed by atoms with E-state index in [0.29, 0.717) is 17.4 Å². The number of nitrogens with one attached hydrogen (secondary N) is 2. The number of ether oxygens (including phenoxy) is 1. The molecule has 0 saturated heterocycles. The van der Waals surface area contributed by atoms with E-state index in [-0.39, 0.29) is 30.5 Å². The van der Waals surface area contributed by atoms with Gasteiger partial charge in [0.25, 0.3) is 0 Å². The summed E-state index contributed by atoms with van der Waals surface area (Å²) in [6, 6.07) is 7.89. The molecule has 0 spiro atoms. The van der Waals surface area contributed by atoms with Crippen LogP contribution < -0.4 is 15.4 Å². The van der Waals surface area contributed by atoms with Crippen LogP contribution in [0.4, 0.5) is 13.2 Å². The molecule has 160 valence electrons. The predicted octanol–water partition coefficient (Wildman–Crippen LogP) is 2.82. The lowest BCUT2D eigenvalue weighted by atomic mass is 10.1. The van der Waals surface area contributed by atoms with Crippen molar-refractivity contribution in [2.45, 2.75) is 25.4 Å². The van der Waals surface area contributed by atoms with E-state index in [9.17, 15) is 18.0 Å². The number of rotatable bonds is 9. The molecule has 1 aromatic carbocycles. The Labute approximate surface area is 180 Å². The highest BCUT2D eigenvalue weighted by Gasteiger charge is 2.31. The Bertz CT molecular complexity index is 610. The quantitative estimate of drug-likeness (QED) is 0.230. The van der Waals surface area contributed by atoms with Crippen LogP contribution in [0.5, 0.6) is 5.75 Å². The van der Waals surface area contributed by atoms with Gasteiger partial charge >= 0.3 is 6.18 Å². The molecule has 0 saturated carbocycles. The second kappa shape index (κ2) is 13.5. The lowest BCUT2D eigenvalue weighted by Gasteiger charge is -2.20. The SMILES string of the molecule is CN=C(NCCCCc1ccc(OC)cc1)NCC(=O)N(C)CC(F)(F)F.I. The molecule has 0 unspecified atom stereocenters. The zero-order valence-corrected chi connectivity index (χ0v) is 18.6. The fourth-order valence-corrected chi connectivity index (χ4v) is 2.33. The van der Waals surface area contributed by atoms with Crippen molar-refractivity contribution >= 4 is 35.8 Å². The standard InChI is InChI=1S/C18H27F3N4O2.HI/c1-22-17(24-12-16(26)25(2)13-18(19,20)21)23-11-5-4-6-14-7-9-15(27-3)10-8-14;/h7-10H,4-6,11-13H2,1-3H3,(H2,22,23,24);1H. The fourth-order valence-electron chi connectivity index (χ4n) is 2.33. The van der Waals surface area contributed by atoms with Crippen molar-refractivity contribution in [3.8, 4) is 5.75 Å². The minimum atomic E-state index is -4.41. The number of alkyl halides is 3. The Morgan fingerprint density at radius 3 is 2.36 bits per heavy atom. The van der Waals surface area contributed by atoms with Gasteiger partial charge < -0.3 is 20.3 Å². The average molecular weight is 516 g/mol. The third kappa shape index (κ3) is 11.2. The summed E-state index contributed by atoms with van der Waals surface area (Å²) >= 11 is 0. The van der Waals surface area contributed by atoms with E-state index in [0.717, 1.165) is 32.1 Å². The van der Waals surface area contributed by atoms with Crippen LogP contribution in [-0.2, 0) is 11.2 Å². The second-order valence-electron chi connectivity index (χ2n) is 6.02. The van der Waals surface area contributed by atoms with Gasteiger partial charge in [0.2, 0.25) is 5.91 Å². The third-order valence-electron chi connectivity index (χ3n) is 3.82. The van der Waals surface area contributed by atoms with Gasteiger partial charge in [-0.3, -0.25) is 9.79 Å². The molecule has 0 aliphatic rings. The molecule has 0 aliphatic carbocycles. The molecule has 10 heteroatoms. The van der Waals surface area contributed by atoms with Crippen LogP contribution >= 0.6 is 24.0 Å². The predicted molar refractivity (Wildman–Crippen MR) is 114 cm³/mol. The number of unbranched alkanes of at least 4 members (excludes halogenated alkanes) is 1. The maximum absolute atomic E-state index is 12.3. The normalized spacial score (nSPS) is 11.4. The number of carbonyl (C=O) groups excluding carboxylic acids is 1. The lowest BCUT2D eigenvalue weighted by molar-refractivity contribution is -0.157. The molecule has 1 aromatic rings. The van der Waals surface area contributed by atoms with Crippen LogP contribution in [0.1, 0.15) is 18.4 Å². The average Bonchev–Trinajstić information content (AvgIpc) is 2.62. The van der Waals surface area contributed by atoms with Crippen molar-refractivity contribution in [3.63, 3.8) is 0 Å². The molecule has 1 amide bonds. The Morgan fingerprint density at radius 1 is 1.18 bits per heavy atom.